The number of carbonyl (C=O) groups excluding carboxylic acids is 3. The third-order valence-corrected chi connectivity index (χ3v) is 3.63. The summed E-state index contributed by atoms with van der Waals surface area (Å²) in [6, 6.07) is 0. The van der Waals surface area contributed by atoms with Crippen molar-refractivity contribution >= 4 is 78.3 Å². The van der Waals surface area contributed by atoms with Gasteiger partial charge in [-0.15, -0.1) is 0 Å². The van der Waals surface area contributed by atoms with E-state index in [1.807, 2.05) is 0 Å². The van der Waals surface area contributed by atoms with Gasteiger partial charge in [0.2, 0.25) is 0 Å². The molecule has 0 rings (SSSR count). The number of unbranched alkanes of at least 4 members (excludes halogenated alkanes) is 2. The predicted molar refractivity (Wildman–Crippen MR) is 100 cm³/mol. The number of rotatable bonds is 8. The van der Waals surface area contributed by atoms with Crippen molar-refractivity contribution in [3.63, 3.8) is 0 Å². The molecule has 0 saturated carbocycles. The molecular formula is C14H26O6S3Sn. The molecule has 0 aliphatic carbocycles. The SMILES string of the molecule is CC(C)CCCC[CH2][Sn+3].O=C([O-])CS.O=C([O-])CS.O=C([O-])CS. The van der Waals surface area contributed by atoms with Gasteiger partial charge in [-0.2, -0.15) is 37.9 Å². The topological polar surface area (TPSA) is 120 Å². The van der Waals surface area contributed by atoms with Gasteiger partial charge in [-0.1, -0.05) is 0 Å². The number of thiol groups is 3. The maximum atomic E-state index is 9.18. The summed E-state index contributed by atoms with van der Waals surface area (Å²) in [6.45, 7) is 4.61. The van der Waals surface area contributed by atoms with E-state index in [-0.39, 0.29) is 17.3 Å². The molecule has 0 atom stereocenters. The molecule has 0 saturated heterocycles. The van der Waals surface area contributed by atoms with Crippen molar-refractivity contribution in [2.45, 2.75) is 44.0 Å². The number of hydrogen-bond donors (Lipinski definition) is 3. The molecule has 0 amide bonds. The summed E-state index contributed by atoms with van der Waals surface area (Å²) in [5.74, 6) is -3.07. The Morgan fingerprint density at radius 3 is 1.25 bits per heavy atom. The van der Waals surface area contributed by atoms with Crippen molar-refractivity contribution in [2.24, 2.45) is 5.92 Å². The van der Waals surface area contributed by atoms with Crippen molar-refractivity contribution in [2.75, 3.05) is 17.3 Å². The summed E-state index contributed by atoms with van der Waals surface area (Å²) in [6.07, 6.45) is 5.80. The fourth-order valence-corrected chi connectivity index (χ4v) is 1.57. The van der Waals surface area contributed by atoms with Crippen LogP contribution in [-0.2, 0) is 14.4 Å². The van der Waals surface area contributed by atoms with Crippen LogP contribution in [0.1, 0.15) is 39.5 Å². The summed E-state index contributed by atoms with van der Waals surface area (Å²) in [5, 5.41) is 27.5. The zero-order valence-corrected chi connectivity index (χ0v) is 19.6. The number of hydrogen-bond acceptors (Lipinski definition) is 9. The molecule has 0 heterocycles. The maximum Gasteiger partial charge on any atom is 0.0510 e. The quantitative estimate of drug-likeness (QED) is 0.216. The van der Waals surface area contributed by atoms with Crippen LogP contribution in [0.3, 0.4) is 0 Å². The van der Waals surface area contributed by atoms with Gasteiger partial charge in [0.15, 0.2) is 0 Å². The molecule has 0 aliphatic heterocycles. The summed E-state index contributed by atoms with van der Waals surface area (Å²) in [4.78, 5) is 27.5. The third kappa shape index (κ3) is 66.9. The molecule has 0 radical (unpaired) electrons. The van der Waals surface area contributed by atoms with Crippen LogP contribution in [0, 0.1) is 5.92 Å². The molecule has 0 N–H and O–H groups in total. The van der Waals surface area contributed by atoms with E-state index in [1.165, 1.54) is 30.1 Å². The summed E-state index contributed by atoms with van der Waals surface area (Å²) < 4.78 is 1.45. The van der Waals surface area contributed by atoms with Gasteiger partial charge in [0.1, 0.15) is 0 Å². The first-order valence-corrected chi connectivity index (χ1v) is 11.1. The molecule has 0 fully saturated rings. The second-order valence-electron chi connectivity index (χ2n) is 4.58. The van der Waals surface area contributed by atoms with Crippen molar-refractivity contribution in [1.82, 2.24) is 0 Å². The van der Waals surface area contributed by atoms with Crippen LogP contribution in [0.4, 0.5) is 0 Å². The van der Waals surface area contributed by atoms with E-state index >= 15 is 0 Å². The van der Waals surface area contributed by atoms with Crippen molar-refractivity contribution < 1.29 is 29.7 Å². The number of aliphatic carboxylic acids is 3. The van der Waals surface area contributed by atoms with E-state index in [0.29, 0.717) is 0 Å². The Hall–Kier alpha value is 0.259. The van der Waals surface area contributed by atoms with Gasteiger partial charge in [-0.3, -0.25) is 0 Å². The molecule has 6 nitrogen and oxygen atoms in total. The van der Waals surface area contributed by atoms with Gasteiger partial charge in [-0.05, 0) is 0 Å². The Kier molecular flexibility index (Phi) is 37.4. The van der Waals surface area contributed by atoms with Gasteiger partial charge in [0, 0.05) is 17.3 Å². The van der Waals surface area contributed by atoms with Crippen LogP contribution in [0.15, 0.2) is 0 Å². The Labute approximate surface area is 174 Å². The van der Waals surface area contributed by atoms with Gasteiger partial charge < -0.3 is 29.7 Å². The smallest absolute Gasteiger partial charge is 0.0510 e. The van der Waals surface area contributed by atoms with E-state index in [0.717, 1.165) is 5.92 Å². The minimum Gasteiger partial charge on any atom is -0.549 e. The molecule has 140 valence electrons. The largest absolute Gasteiger partial charge is 0.549 e. The zero-order valence-electron chi connectivity index (χ0n) is 14.0. The number of carbonyl (C=O) groups is 3. The molecule has 0 spiro atoms. The van der Waals surface area contributed by atoms with Crippen molar-refractivity contribution in [3.05, 3.63) is 0 Å². The maximum absolute atomic E-state index is 9.18. The number of carboxylic acid groups (broad SMARTS) is 3. The molecule has 0 unspecified atom stereocenters. The second-order valence-corrected chi connectivity index (χ2v) is 6.96. The van der Waals surface area contributed by atoms with E-state index < -0.39 is 17.9 Å². The second kappa shape index (κ2) is 28.1. The minimum absolute atomic E-state index is 0.194. The molecule has 0 aliphatic rings. The van der Waals surface area contributed by atoms with Gasteiger partial charge in [0.25, 0.3) is 0 Å². The van der Waals surface area contributed by atoms with Crippen molar-refractivity contribution in [1.29, 1.82) is 0 Å². The summed E-state index contributed by atoms with van der Waals surface area (Å²) >= 11 is 11.8. The van der Waals surface area contributed by atoms with Crippen LogP contribution >= 0.6 is 37.9 Å². The van der Waals surface area contributed by atoms with E-state index in [9.17, 15) is 29.7 Å². The molecule has 10 heteroatoms. The molecule has 0 aromatic carbocycles. The molecule has 0 bridgehead atoms. The molecular weight excluding hydrogens is 479 g/mol. The van der Waals surface area contributed by atoms with Crippen LogP contribution in [0.2, 0.25) is 4.44 Å². The first kappa shape index (κ1) is 32.0. The average molecular weight is 505 g/mol. The van der Waals surface area contributed by atoms with Gasteiger partial charge >= 0.3 is 72.4 Å². The molecule has 0 aromatic rings. The Morgan fingerprint density at radius 2 is 1.08 bits per heavy atom. The fraction of sp³-hybridized carbons (Fsp3) is 0.786. The molecule has 24 heavy (non-hydrogen) atoms. The third-order valence-electron chi connectivity index (χ3n) is 1.85. The van der Waals surface area contributed by atoms with E-state index in [1.54, 1.807) is 22.5 Å². The predicted octanol–water partition coefficient (Wildman–Crippen LogP) is -1.21. The minimum atomic E-state index is -1.13. The summed E-state index contributed by atoms with van der Waals surface area (Å²) in [7, 11) is 0. The monoisotopic (exact) mass is 506 g/mol. The number of carboxylic acids is 3. The molecule has 0 aromatic heterocycles. The van der Waals surface area contributed by atoms with E-state index in [2.05, 4.69) is 51.7 Å². The first-order valence-electron chi connectivity index (χ1n) is 7.15. The Morgan fingerprint density at radius 1 is 0.792 bits per heavy atom. The standard InChI is InChI=1S/C8H17.3C2H4O2S.Sn/c1-4-5-6-7-8(2)3;3*3-2(4)1-5;/h8H,1,4-7H2,2-3H3;3*5H,1H2,(H,3,4);/q;;;;+3/p-3. The first-order chi connectivity index (χ1) is 11.1. The zero-order chi connectivity index (χ0) is 20.0. The Balaban J connectivity index is -0.000000116. The van der Waals surface area contributed by atoms with Crippen LogP contribution in [-0.4, -0.2) is 57.7 Å². The normalized spacial score (nSPS) is 8.67. The summed E-state index contributed by atoms with van der Waals surface area (Å²) in [5.41, 5.74) is 0. The Bertz CT molecular complexity index is 271. The fourth-order valence-electron chi connectivity index (χ4n) is 0.854. The van der Waals surface area contributed by atoms with Crippen molar-refractivity contribution in [3.8, 4) is 0 Å². The van der Waals surface area contributed by atoms with Gasteiger partial charge in [-0.25, -0.2) is 0 Å². The van der Waals surface area contributed by atoms with Gasteiger partial charge in [0.05, 0.1) is 17.9 Å². The van der Waals surface area contributed by atoms with E-state index in [4.69, 9.17) is 0 Å². The average Bonchev–Trinajstić information content (AvgIpc) is 2.53. The van der Waals surface area contributed by atoms with Crippen LogP contribution in [0.5, 0.6) is 0 Å². The van der Waals surface area contributed by atoms with Crippen LogP contribution in [0.25, 0.3) is 0 Å². The van der Waals surface area contributed by atoms with Crippen LogP contribution < -0.4 is 15.3 Å².